The van der Waals surface area contributed by atoms with Crippen molar-refractivity contribution in [1.29, 1.82) is 0 Å². The Kier molecular flexibility index (Phi) is 5.97. The minimum atomic E-state index is -0.282. The summed E-state index contributed by atoms with van der Waals surface area (Å²) in [6.07, 6.45) is 0. The minimum Gasteiger partial charge on any atom is -0.497 e. The molecule has 1 aliphatic rings. The van der Waals surface area contributed by atoms with Crippen LogP contribution in [0, 0.1) is 0 Å². The van der Waals surface area contributed by atoms with Crippen molar-refractivity contribution in [2.24, 2.45) is 0 Å². The molecule has 9 nitrogen and oxygen atoms in total. The minimum absolute atomic E-state index is 0.0763. The van der Waals surface area contributed by atoms with Crippen LogP contribution >= 0.6 is 0 Å². The third-order valence-corrected chi connectivity index (χ3v) is 5.70. The summed E-state index contributed by atoms with van der Waals surface area (Å²) in [6, 6.07) is 17.6. The van der Waals surface area contributed by atoms with Crippen LogP contribution in [0.2, 0.25) is 0 Å². The normalized spacial score (nSPS) is 11.9. The summed E-state index contributed by atoms with van der Waals surface area (Å²) in [7, 11) is 3.05. The zero-order valence-electron chi connectivity index (χ0n) is 19.2. The highest BCUT2D eigenvalue weighted by Gasteiger charge is 2.22. The summed E-state index contributed by atoms with van der Waals surface area (Å²) in [6.45, 7) is 0.478. The molecule has 1 N–H and O–H groups in total. The Balaban J connectivity index is 1.52. The number of hydrogen-bond acceptors (Lipinski definition) is 7. The fourth-order valence-electron chi connectivity index (χ4n) is 3.96. The number of nitrogens with zero attached hydrogens (tertiary/aromatic N) is 2. The maximum atomic E-state index is 13.7. The van der Waals surface area contributed by atoms with E-state index < -0.39 is 0 Å². The molecule has 9 heteroatoms. The van der Waals surface area contributed by atoms with Crippen molar-refractivity contribution >= 4 is 16.8 Å². The first-order chi connectivity index (χ1) is 17.0. The summed E-state index contributed by atoms with van der Waals surface area (Å²) < 4.78 is 21.6. The molecule has 5 rings (SSSR count). The Labute approximate surface area is 200 Å². The number of nitrogens with one attached hydrogen (secondary N) is 1. The van der Waals surface area contributed by atoms with Gasteiger partial charge in [-0.2, -0.15) is 0 Å². The summed E-state index contributed by atoms with van der Waals surface area (Å²) in [5.41, 5.74) is 1.51. The predicted octanol–water partition coefficient (Wildman–Crippen LogP) is 3.51. The number of amides is 1. The van der Waals surface area contributed by atoms with Crippen LogP contribution in [0.25, 0.3) is 10.9 Å². The van der Waals surface area contributed by atoms with E-state index in [1.165, 1.54) is 14.2 Å². The second-order valence-electron chi connectivity index (χ2n) is 7.98. The van der Waals surface area contributed by atoms with Crippen molar-refractivity contribution in [1.82, 2.24) is 14.9 Å². The lowest BCUT2D eigenvalue weighted by Gasteiger charge is -2.23. The van der Waals surface area contributed by atoms with Gasteiger partial charge in [0.15, 0.2) is 11.5 Å². The maximum absolute atomic E-state index is 13.7. The van der Waals surface area contributed by atoms with Gasteiger partial charge < -0.3 is 28.8 Å². The number of hydrogen-bond donors (Lipinski definition) is 1. The van der Waals surface area contributed by atoms with Crippen LogP contribution in [0.1, 0.15) is 21.7 Å². The second-order valence-corrected chi connectivity index (χ2v) is 7.98. The van der Waals surface area contributed by atoms with Crippen molar-refractivity contribution in [2.45, 2.75) is 13.1 Å². The Morgan fingerprint density at radius 2 is 1.71 bits per heavy atom. The van der Waals surface area contributed by atoms with Crippen molar-refractivity contribution in [3.63, 3.8) is 0 Å². The van der Waals surface area contributed by atoms with Gasteiger partial charge in [0.05, 0.1) is 31.7 Å². The van der Waals surface area contributed by atoms with Crippen LogP contribution in [0.4, 0.5) is 0 Å². The number of rotatable bonds is 7. The molecule has 1 aromatic heterocycles. The summed E-state index contributed by atoms with van der Waals surface area (Å²) in [4.78, 5) is 35.3. The average Bonchev–Trinajstić information content (AvgIpc) is 3.35. The number of benzene rings is 3. The van der Waals surface area contributed by atoms with Gasteiger partial charge in [0.1, 0.15) is 17.3 Å². The maximum Gasteiger partial charge on any atom is 0.258 e. The van der Waals surface area contributed by atoms with Crippen molar-refractivity contribution in [3.05, 3.63) is 88.0 Å². The highest BCUT2D eigenvalue weighted by atomic mass is 16.7. The molecule has 0 atom stereocenters. The average molecular weight is 473 g/mol. The Morgan fingerprint density at radius 3 is 2.49 bits per heavy atom. The third kappa shape index (κ3) is 4.61. The molecule has 0 aliphatic carbocycles. The topological polar surface area (TPSA) is 103 Å². The van der Waals surface area contributed by atoms with E-state index in [-0.39, 0.29) is 31.3 Å². The van der Waals surface area contributed by atoms with E-state index in [0.29, 0.717) is 45.3 Å². The number of H-pyrrole nitrogens is 1. The Hall–Kier alpha value is -4.53. The van der Waals surface area contributed by atoms with E-state index in [4.69, 9.17) is 18.9 Å². The molecule has 1 aliphatic heterocycles. The van der Waals surface area contributed by atoms with Gasteiger partial charge in [-0.1, -0.05) is 18.2 Å². The van der Waals surface area contributed by atoms with Gasteiger partial charge in [0, 0.05) is 18.2 Å². The van der Waals surface area contributed by atoms with E-state index >= 15 is 0 Å². The van der Waals surface area contributed by atoms with Gasteiger partial charge in [-0.15, -0.1) is 0 Å². The van der Waals surface area contributed by atoms with E-state index in [0.717, 1.165) is 5.56 Å². The van der Waals surface area contributed by atoms with Crippen LogP contribution in [0.3, 0.4) is 0 Å². The highest BCUT2D eigenvalue weighted by molar-refractivity contribution is 5.95. The number of ether oxygens (including phenoxy) is 4. The largest absolute Gasteiger partial charge is 0.497 e. The molecule has 3 aromatic carbocycles. The van der Waals surface area contributed by atoms with Crippen molar-refractivity contribution in [2.75, 3.05) is 21.0 Å². The first-order valence-electron chi connectivity index (χ1n) is 10.9. The summed E-state index contributed by atoms with van der Waals surface area (Å²) >= 11 is 0. The van der Waals surface area contributed by atoms with E-state index in [1.54, 1.807) is 41.3 Å². The summed E-state index contributed by atoms with van der Waals surface area (Å²) in [5.74, 6) is 2.36. The van der Waals surface area contributed by atoms with Crippen LogP contribution in [0.15, 0.2) is 65.5 Å². The van der Waals surface area contributed by atoms with E-state index in [9.17, 15) is 9.59 Å². The Bertz CT molecular complexity index is 1440. The molecule has 178 valence electrons. The number of para-hydroxylation sites is 1. The smallest absolute Gasteiger partial charge is 0.258 e. The van der Waals surface area contributed by atoms with E-state index in [2.05, 4.69) is 9.97 Å². The molecule has 35 heavy (non-hydrogen) atoms. The lowest BCUT2D eigenvalue weighted by atomic mass is 10.1. The van der Waals surface area contributed by atoms with Gasteiger partial charge in [-0.05, 0) is 42.0 Å². The molecular formula is C26H23N3O6. The van der Waals surface area contributed by atoms with Crippen LogP contribution in [-0.4, -0.2) is 41.8 Å². The van der Waals surface area contributed by atoms with Crippen molar-refractivity contribution < 1.29 is 23.7 Å². The molecular weight excluding hydrogens is 450 g/mol. The van der Waals surface area contributed by atoms with Crippen LogP contribution < -0.4 is 24.5 Å². The van der Waals surface area contributed by atoms with Gasteiger partial charge in [0.25, 0.3) is 11.5 Å². The molecule has 0 unspecified atom stereocenters. The second kappa shape index (κ2) is 9.38. The quantitative estimate of drug-likeness (QED) is 0.438. The zero-order valence-corrected chi connectivity index (χ0v) is 19.2. The zero-order chi connectivity index (χ0) is 24.4. The SMILES string of the molecule is COc1cc(OC)cc(C(=O)N(Cc2ccc3c(c2)OCO3)Cc2nc3ccccc3c(=O)[nH]2)c1. The molecule has 4 aromatic rings. The van der Waals surface area contributed by atoms with Gasteiger partial charge in [-0.25, -0.2) is 4.98 Å². The summed E-state index contributed by atoms with van der Waals surface area (Å²) in [5, 5.41) is 0.488. The van der Waals surface area contributed by atoms with Crippen LogP contribution in [0.5, 0.6) is 23.0 Å². The standard InChI is InChI=1S/C26H23N3O6/c1-32-18-10-17(11-19(12-18)33-2)26(31)29(13-16-7-8-22-23(9-16)35-15-34-22)14-24-27-21-6-4-3-5-20(21)25(30)28-24/h3-12H,13-15H2,1-2H3,(H,27,28,30). The molecule has 0 spiro atoms. The lowest BCUT2D eigenvalue weighted by Crippen LogP contribution is -2.31. The van der Waals surface area contributed by atoms with E-state index in [1.807, 2.05) is 24.3 Å². The molecule has 0 fully saturated rings. The Morgan fingerprint density at radius 1 is 0.971 bits per heavy atom. The number of aromatic amines is 1. The fourth-order valence-corrected chi connectivity index (χ4v) is 3.96. The molecule has 0 radical (unpaired) electrons. The molecule has 0 saturated heterocycles. The van der Waals surface area contributed by atoms with Crippen LogP contribution in [-0.2, 0) is 13.1 Å². The molecule has 2 heterocycles. The first kappa shape index (κ1) is 22.3. The van der Waals surface area contributed by atoms with Gasteiger partial charge in [-0.3, -0.25) is 9.59 Å². The number of methoxy groups -OCH3 is 2. The third-order valence-electron chi connectivity index (χ3n) is 5.70. The van der Waals surface area contributed by atoms with Gasteiger partial charge in [0.2, 0.25) is 6.79 Å². The number of fused-ring (bicyclic) bond motifs is 2. The van der Waals surface area contributed by atoms with Crippen molar-refractivity contribution in [3.8, 4) is 23.0 Å². The lowest BCUT2D eigenvalue weighted by molar-refractivity contribution is 0.0724. The number of carbonyl (C=O) groups excluding carboxylic acids is 1. The fraction of sp³-hybridized carbons (Fsp3) is 0.192. The first-order valence-corrected chi connectivity index (χ1v) is 10.9. The number of aromatic nitrogens is 2. The highest BCUT2D eigenvalue weighted by Crippen LogP contribution is 2.33. The molecule has 0 bridgehead atoms. The number of carbonyl (C=O) groups is 1. The van der Waals surface area contributed by atoms with Gasteiger partial charge >= 0.3 is 0 Å². The predicted molar refractivity (Wildman–Crippen MR) is 128 cm³/mol. The molecule has 0 saturated carbocycles. The molecule has 1 amide bonds. The monoisotopic (exact) mass is 473 g/mol.